The lowest BCUT2D eigenvalue weighted by atomic mass is 10.1. The summed E-state index contributed by atoms with van der Waals surface area (Å²) >= 11 is 0. The van der Waals surface area contributed by atoms with Crippen LogP contribution in [-0.2, 0) is 14.3 Å². The summed E-state index contributed by atoms with van der Waals surface area (Å²) < 4.78 is 9.98. The van der Waals surface area contributed by atoms with E-state index in [9.17, 15) is 4.79 Å². The topological polar surface area (TPSA) is 35.5 Å². The Morgan fingerprint density at radius 2 is 2.08 bits per heavy atom. The monoisotopic (exact) mass is 174 g/mol. The van der Waals surface area contributed by atoms with Crippen molar-refractivity contribution in [2.45, 2.75) is 39.2 Å². The van der Waals surface area contributed by atoms with Gasteiger partial charge in [-0.25, -0.2) is 0 Å². The average molecular weight is 174 g/mol. The third kappa shape index (κ3) is 6.16. The number of ether oxygens (including phenoxy) is 2. The second-order valence-corrected chi connectivity index (χ2v) is 2.78. The molecule has 72 valence electrons. The largest absolute Gasteiger partial charge is 0.466 e. The lowest BCUT2D eigenvalue weighted by molar-refractivity contribution is -0.141. The average Bonchev–Trinajstić information content (AvgIpc) is 2.02. The van der Waals surface area contributed by atoms with Crippen molar-refractivity contribution in [1.29, 1.82) is 0 Å². The van der Waals surface area contributed by atoms with E-state index in [-0.39, 0.29) is 12.1 Å². The third-order valence-electron chi connectivity index (χ3n) is 1.69. The van der Waals surface area contributed by atoms with Crippen LogP contribution in [0, 0.1) is 0 Å². The Morgan fingerprint density at radius 3 is 2.50 bits per heavy atom. The van der Waals surface area contributed by atoms with Gasteiger partial charge in [-0.2, -0.15) is 0 Å². The molecule has 0 heterocycles. The molecule has 0 spiro atoms. The van der Waals surface area contributed by atoms with Gasteiger partial charge in [-0.05, 0) is 6.42 Å². The van der Waals surface area contributed by atoms with Crippen molar-refractivity contribution in [3.05, 3.63) is 0 Å². The molecule has 0 radical (unpaired) electrons. The van der Waals surface area contributed by atoms with Crippen molar-refractivity contribution in [1.82, 2.24) is 0 Å². The number of hydrogen-bond donors (Lipinski definition) is 0. The minimum absolute atomic E-state index is 0.221. The smallest absolute Gasteiger partial charge is 0.302 e. The number of carbonyl (C=O) groups excluding carboxylic acids is 1. The second kappa shape index (κ2) is 7.10. The maximum Gasteiger partial charge on any atom is 0.302 e. The van der Waals surface area contributed by atoms with Gasteiger partial charge in [0, 0.05) is 20.5 Å². The molecule has 0 amide bonds. The zero-order chi connectivity index (χ0) is 9.40. The van der Waals surface area contributed by atoms with Crippen molar-refractivity contribution >= 4 is 5.97 Å². The van der Waals surface area contributed by atoms with Crippen molar-refractivity contribution < 1.29 is 14.3 Å². The third-order valence-corrected chi connectivity index (χ3v) is 1.69. The molecule has 0 bridgehead atoms. The summed E-state index contributed by atoms with van der Waals surface area (Å²) in [5.41, 5.74) is 0. The maximum absolute atomic E-state index is 10.4. The molecule has 0 saturated heterocycles. The Kier molecular flexibility index (Phi) is 6.76. The predicted octanol–water partition coefficient (Wildman–Crippen LogP) is 1.75. The van der Waals surface area contributed by atoms with Gasteiger partial charge >= 0.3 is 5.97 Å². The zero-order valence-corrected chi connectivity index (χ0v) is 8.13. The van der Waals surface area contributed by atoms with Gasteiger partial charge in [0.15, 0.2) is 0 Å². The Hall–Kier alpha value is -0.570. The van der Waals surface area contributed by atoms with E-state index in [0.717, 1.165) is 19.3 Å². The highest BCUT2D eigenvalue weighted by Gasteiger charge is 2.05. The molecule has 0 aromatic heterocycles. The lowest BCUT2D eigenvalue weighted by Gasteiger charge is -2.13. The Bertz CT molecular complexity index is 123. The van der Waals surface area contributed by atoms with Gasteiger partial charge in [0.25, 0.3) is 0 Å². The maximum atomic E-state index is 10.4. The van der Waals surface area contributed by atoms with Crippen LogP contribution < -0.4 is 0 Å². The van der Waals surface area contributed by atoms with Crippen molar-refractivity contribution in [2.24, 2.45) is 0 Å². The predicted molar refractivity (Wildman–Crippen MR) is 47.0 cm³/mol. The first-order valence-electron chi connectivity index (χ1n) is 4.36. The van der Waals surface area contributed by atoms with Gasteiger partial charge in [-0.1, -0.05) is 13.3 Å². The van der Waals surface area contributed by atoms with Gasteiger partial charge in [-0.15, -0.1) is 0 Å². The molecule has 0 aliphatic carbocycles. The number of esters is 1. The van der Waals surface area contributed by atoms with Crippen LogP contribution in [0.1, 0.15) is 33.1 Å². The molecule has 1 unspecified atom stereocenters. The Balaban J connectivity index is 3.37. The van der Waals surface area contributed by atoms with Gasteiger partial charge < -0.3 is 9.47 Å². The molecule has 0 aromatic rings. The van der Waals surface area contributed by atoms with Gasteiger partial charge in [0.05, 0.1) is 12.7 Å². The molecule has 0 N–H and O–H groups in total. The van der Waals surface area contributed by atoms with E-state index < -0.39 is 0 Å². The summed E-state index contributed by atoms with van der Waals surface area (Å²) in [5, 5.41) is 0. The van der Waals surface area contributed by atoms with Crippen molar-refractivity contribution in [2.75, 3.05) is 13.7 Å². The van der Waals surface area contributed by atoms with Crippen LogP contribution in [0.25, 0.3) is 0 Å². The van der Waals surface area contributed by atoms with E-state index in [4.69, 9.17) is 9.47 Å². The van der Waals surface area contributed by atoms with Crippen LogP contribution in [0.5, 0.6) is 0 Å². The van der Waals surface area contributed by atoms with Gasteiger partial charge in [0.1, 0.15) is 0 Å². The molecule has 3 heteroatoms. The summed E-state index contributed by atoms with van der Waals surface area (Å²) in [5.74, 6) is -0.221. The summed E-state index contributed by atoms with van der Waals surface area (Å²) in [6, 6.07) is 0. The van der Waals surface area contributed by atoms with Crippen molar-refractivity contribution in [3.63, 3.8) is 0 Å². The SMILES string of the molecule is CCCC(CCOC(C)=O)OC. The molecule has 0 rings (SSSR count). The molecule has 0 aliphatic heterocycles. The molecular formula is C9H18O3. The van der Waals surface area contributed by atoms with E-state index in [1.807, 2.05) is 0 Å². The fourth-order valence-corrected chi connectivity index (χ4v) is 1.04. The molecular weight excluding hydrogens is 156 g/mol. The zero-order valence-electron chi connectivity index (χ0n) is 8.13. The minimum atomic E-state index is -0.221. The number of methoxy groups -OCH3 is 1. The summed E-state index contributed by atoms with van der Waals surface area (Å²) in [4.78, 5) is 10.4. The molecule has 0 aromatic carbocycles. The van der Waals surface area contributed by atoms with Crippen LogP contribution in [0.15, 0.2) is 0 Å². The van der Waals surface area contributed by atoms with Crippen LogP contribution in [0.3, 0.4) is 0 Å². The molecule has 0 aliphatic rings. The van der Waals surface area contributed by atoms with E-state index in [1.54, 1.807) is 7.11 Å². The van der Waals surface area contributed by atoms with Gasteiger partial charge in [-0.3, -0.25) is 4.79 Å². The first-order valence-corrected chi connectivity index (χ1v) is 4.36. The normalized spacial score (nSPS) is 12.6. The lowest BCUT2D eigenvalue weighted by Crippen LogP contribution is -2.14. The van der Waals surface area contributed by atoms with E-state index >= 15 is 0 Å². The molecule has 0 saturated carbocycles. The molecule has 3 nitrogen and oxygen atoms in total. The van der Waals surface area contributed by atoms with Crippen LogP contribution >= 0.6 is 0 Å². The van der Waals surface area contributed by atoms with Crippen molar-refractivity contribution in [3.8, 4) is 0 Å². The standard InChI is InChI=1S/C9H18O3/c1-4-5-9(11-3)6-7-12-8(2)10/h9H,4-7H2,1-3H3. The Labute approximate surface area is 74.0 Å². The van der Waals surface area contributed by atoms with Crippen LogP contribution in [-0.4, -0.2) is 25.8 Å². The van der Waals surface area contributed by atoms with Crippen LogP contribution in [0.4, 0.5) is 0 Å². The highest BCUT2D eigenvalue weighted by atomic mass is 16.5. The molecule has 0 fully saturated rings. The Morgan fingerprint density at radius 1 is 1.42 bits per heavy atom. The van der Waals surface area contributed by atoms with E-state index in [2.05, 4.69) is 6.92 Å². The highest BCUT2D eigenvalue weighted by molar-refractivity contribution is 5.65. The first kappa shape index (κ1) is 11.4. The number of carbonyl (C=O) groups is 1. The van der Waals surface area contributed by atoms with E-state index in [1.165, 1.54) is 6.92 Å². The second-order valence-electron chi connectivity index (χ2n) is 2.78. The minimum Gasteiger partial charge on any atom is -0.466 e. The fraction of sp³-hybridized carbons (Fsp3) is 0.889. The highest BCUT2D eigenvalue weighted by Crippen LogP contribution is 2.05. The van der Waals surface area contributed by atoms with Gasteiger partial charge in [0.2, 0.25) is 0 Å². The van der Waals surface area contributed by atoms with E-state index in [0.29, 0.717) is 6.61 Å². The molecule has 12 heavy (non-hydrogen) atoms. The quantitative estimate of drug-likeness (QED) is 0.575. The summed E-state index contributed by atoms with van der Waals surface area (Å²) in [6.07, 6.45) is 3.15. The molecule has 1 atom stereocenters. The first-order chi connectivity index (χ1) is 5.70. The van der Waals surface area contributed by atoms with Crippen LogP contribution in [0.2, 0.25) is 0 Å². The number of rotatable bonds is 6. The number of hydrogen-bond acceptors (Lipinski definition) is 3. The summed E-state index contributed by atoms with van der Waals surface area (Å²) in [6.45, 7) is 3.99. The summed E-state index contributed by atoms with van der Waals surface area (Å²) in [7, 11) is 1.69. The fourth-order valence-electron chi connectivity index (χ4n) is 1.04.